The van der Waals surface area contributed by atoms with E-state index in [2.05, 4.69) is 323 Å². The maximum absolute atomic E-state index is 7.05. The lowest BCUT2D eigenvalue weighted by Gasteiger charge is -2.34. The summed E-state index contributed by atoms with van der Waals surface area (Å²) in [4.78, 5) is 5.06. The Balaban J connectivity index is 1.11. The van der Waals surface area contributed by atoms with Crippen LogP contribution in [0.5, 0.6) is 0 Å². The summed E-state index contributed by atoms with van der Waals surface area (Å²) in [5.74, 6) is 0. The quantitative estimate of drug-likeness (QED) is 0.166. The largest absolute Gasteiger partial charge is 0.456 e. The minimum Gasteiger partial charge on any atom is -0.456 e. The Labute approximate surface area is 522 Å². The molecule has 0 atom stereocenters. The third kappa shape index (κ3) is 8.32. The number of para-hydroxylation sites is 2. The van der Waals surface area contributed by atoms with Gasteiger partial charge in [-0.1, -0.05) is 217 Å². The number of hydrogen-bond donors (Lipinski definition) is 0. The maximum Gasteiger partial charge on any atom is 0.136 e. The second kappa shape index (κ2) is 19.2. The number of furan rings is 2. The molecule has 0 unspecified atom stereocenters. The fourth-order valence-corrected chi connectivity index (χ4v) is 15.0. The normalized spacial score (nSPS) is 13.7. The summed E-state index contributed by atoms with van der Waals surface area (Å²) in [6.45, 7) is 27.6. The average molecular weight is 1160 g/mol. The molecule has 0 fully saturated rings. The summed E-state index contributed by atoms with van der Waals surface area (Å²) < 4.78 is 14.1. The number of benzene rings is 12. The van der Waals surface area contributed by atoms with Crippen LogP contribution in [0, 0.1) is 0 Å². The van der Waals surface area contributed by atoms with Crippen molar-refractivity contribution in [2.24, 2.45) is 0 Å². The van der Waals surface area contributed by atoms with E-state index in [1.165, 1.54) is 66.8 Å². The van der Waals surface area contributed by atoms with Crippen molar-refractivity contribution in [1.29, 1.82) is 0 Å². The molecule has 1 spiro atoms. The molecule has 2 heterocycles. The standard InChI is InChI=1S/C85H74N2O2/c1-81(2,3)51-29-37-55(38-30-51)86(56-39-31-52(32-40-56)82(4,5)6)73-49-71-79(67-47-77-65(45-63(67)73)61-23-15-19-27-75(61)88-77)80-68-48-78-66(62-24-16-20-28-76(62)89-78)46-64(68)74(50-72(80)85(71)69-25-17-13-21-59(69)60-22-14-18-26-70(60)85)87(57-41-33-53(34-42-57)83(7,8)9)58-43-35-54(36-44-58)84(10,11)12/h13-50H,1-12H3. The minimum absolute atomic E-state index is 0.0374. The van der Waals surface area contributed by atoms with Crippen LogP contribution >= 0.6 is 0 Å². The third-order valence-electron chi connectivity index (χ3n) is 19.7. The van der Waals surface area contributed by atoms with E-state index >= 15 is 0 Å². The van der Waals surface area contributed by atoms with Gasteiger partial charge in [0.25, 0.3) is 0 Å². The lowest BCUT2D eigenvalue weighted by atomic mass is 9.70. The molecule has 4 nitrogen and oxygen atoms in total. The molecular formula is C85H74N2O2. The van der Waals surface area contributed by atoms with Gasteiger partial charge in [-0.15, -0.1) is 0 Å². The molecule has 2 aliphatic carbocycles. The molecule has 14 aromatic rings. The Kier molecular flexibility index (Phi) is 11.8. The molecule has 0 radical (unpaired) electrons. The van der Waals surface area contributed by atoms with Gasteiger partial charge in [0, 0.05) is 55.1 Å². The Morgan fingerprint density at radius 1 is 0.258 bits per heavy atom. The summed E-state index contributed by atoms with van der Waals surface area (Å²) in [6, 6.07) is 87.6. The van der Waals surface area contributed by atoms with Crippen molar-refractivity contribution in [3.63, 3.8) is 0 Å². The molecule has 16 rings (SSSR count). The van der Waals surface area contributed by atoms with Gasteiger partial charge in [-0.3, -0.25) is 0 Å². The molecule has 2 aromatic heterocycles. The number of hydrogen-bond acceptors (Lipinski definition) is 4. The van der Waals surface area contributed by atoms with Crippen LogP contribution in [0.4, 0.5) is 34.1 Å². The Bertz CT molecular complexity index is 4760. The molecule has 0 amide bonds. The van der Waals surface area contributed by atoms with Gasteiger partial charge in [-0.25, -0.2) is 0 Å². The molecule has 0 aliphatic heterocycles. The zero-order valence-electron chi connectivity index (χ0n) is 53.2. The van der Waals surface area contributed by atoms with Crippen molar-refractivity contribution >= 4 is 99.5 Å². The van der Waals surface area contributed by atoms with Crippen molar-refractivity contribution in [3.05, 3.63) is 275 Å². The van der Waals surface area contributed by atoms with E-state index in [0.29, 0.717) is 0 Å². The van der Waals surface area contributed by atoms with Crippen molar-refractivity contribution < 1.29 is 8.83 Å². The fraction of sp³-hybridized carbons (Fsp3) is 0.200. The molecule has 0 N–H and O–H groups in total. The number of rotatable bonds is 6. The molecule has 12 aromatic carbocycles. The molecule has 2 aliphatic rings. The molecule has 0 saturated carbocycles. The minimum atomic E-state index is -0.814. The summed E-state index contributed by atoms with van der Waals surface area (Å²) in [5.41, 5.74) is 24.0. The summed E-state index contributed by atoms with van der Waals surface area (Å²) >= 11 is 0. The van der Waals surface area contributed by atoms with Gasteiger partial charge in [-0.2, -0.15) is 0 Å². The third-order valence-corrected chi connectivity index (χ3v) is 19.7. The van der Waals surface area contributed by atoms with E-state index < -0.39 is 5.41 Å². The van der Waals surface area contributed by atoms with E-state index in [1.54, 1.807) is 0 Å². The Hall–Kier alpha value is -9.64. The van der Waals surface area contributed by atoms with Crippen LogP contribution in [0.2, 0.25) is 0 Å². The topological polar surface area (TPSA) is 32.8 Å². The van der Waals surface area contributed by atoms with Crippen molar-refractivity contribution in [2.45, 2.75) is 110 Å². The highest BCUT2D eigenvalue weighted by atomic mass is 16.3. The van der Waals surface area contributed by atoms with Gasteiger partial charge >= 0.3 is 0 Å². The number of fused-ring (bicyclic) bond motifs is 20. The van der Waals surface area contributed by atoms with E-state index in [1.807, 2.05) is 0 Å². The average Bonchev–Trinajstić information content (AvgIpc) is 1.50. The van der Waals surface area contributed by atoms with E-state index in [4.69, 9.17) is 8.83 Å². The first-order chi connectivity index (χ1) is 42.6. The van der Waals surface area contributed by atoms with Gasteiger partial charge < -0.3 is 18.6 Å². The van der Waals surface area contributed by atoms with Crippen LogP contribution < -0.4 is 9.80 Å². The van der Waals surface area contributed by atoms with Gasteiger partial charge in [-0.05, 0) is 196 Å². The van der Waals surface area contributed by atoms with Crippen LogP contribution in [-0.4, -0.2) is 0 Å². The maximum atomic E-state index is 7.05. The van der Waals surface area contributed by atoms with Gasteiger partial charge in [0.1, 0.15) is 22.3 Å². The van der Waals surface area contributed by atoms with Crippen LogP contribution in [0.1, 0.15) is 128 Å². The first-order valence-electron chi connectivity index (χ1n) is 31.7. The van der Waals surface area contributed by atoms with Crippen LogP contribution in [0.25, 0.3) is 87.7 Å². The highest BCUT2D eigenvalue weighted by Crippen LogP contribution is 2.67. The lowest BCUT2D eigenvalue weighted by Crippen LogP contribution is -2.27. The van der Waals surface area contributed by atoms with Crippen LogP contribution in [0.15, 0.2) is 239 Å². The summed E-state index contributed by atoms with van der Waals surface area (Å²) in [5, 5.41) is 8.86. The molecule has 0 saturated heterocycles. The van der Waals surface area contributed by atoms with Gasteiger partial charge in [0.15, 0.2) is 0 Å². The number of nitrogens with zero attached hydrogens (tertiary/aromatic N) is 2. The zero-order chi connectivity index (χ0) is 61.3. The summed E-state index contributed by atoms with van der Waals surface area (Å²) in [7, 11) is 0. The van der Waals surface area contributed by atoms with E-state index in [0.717, 1.165) is 99.5 Å². The first-order valence-corrected chi connectivity index (χ1v) is 31.7. The lowest BCUT2D eigenvalue weighted by molar-refractivity contribution is 0.590. The summed E-state index contributed by atoms with van der Waals surface area (Å²) in [6.07, 6.45) is 0. The molecule has 4 heteroatoms. The highest BCUT2D eigenvalue weighted by Gasteiger charge is 2.54. The van der Waals surface area contributed by atoms with Gasteiger partial charge in [0.05, 0.1) is 16.8 Å². The molecule has 0 bridgehead atoms. The predicted octanol–water partition coefficient (Wildman–Crippen LogP) is 24.3. The smallest absolute Gasteiger partial charge is 0.136 e. The van der Waals surface area contributed by atoms with E-state index in [9.17, 15) is 0 Å². The number of anilines is 6. The Morgan fingerprint density at radius 2 is 0.562 bits per heavy atom. The SMILES string of the molecule is CC(C)(C)c1ccc(N(c2ccc(C(C)(C)C)cc2)c2cc3c(c4cc5oc6ccccc6c5cc24)-c2c(cc(N(c4ccc(C(C)(C)C)cc4)c4ccc(C(C)(C)C)cc4)c4cc5c(cc24)oc2ccccc25)C32c3ccccc3-c3ccccc32)cc1. The molecule has 89 heavy (non-hydrogen) atoms. The molecular weight excluding hydrogens is 1080 g/mol. The fourth-order valence-electron chi connectivity index (χ4n) is 15.0. The van der Waals surface area contributed by atoms with Crippen LogP contribution in [0.3, 0.4) is 0 Å². The Morgan fingerprint density at radius 3 is 0.888 bits per heavy atom. The first kappa shape index (κ1) is 54.7. The van der Waals surface area contributed by atoms with Gasteiger partial charge in [0.2, 0.25) is 0 Å². The second-order valence-electron chi connectivity index (χ2n) is 29.3. The highest BCUT2D eigenvalue weighted by molar-refractivity contribution is 6.24. The monoisotopic (exact) mass is 1150 g/mol. The van der Waals surface area contributed by atoms with Crippen molar-refractivity contribution in [3.8, 4) is 22.3 Å². The van der Waals surface area contributed by atoms with Crippen LogP contribution in [-0.2, 0) is 27.1 Å². The predicted molar refractivity (Wildman–Crippen MR) is 376 cm³/mol. The zero-order valence-corrected chi connectivity index (χ0v) is 53.2. The van der Waals surface area contributed by atoms with Crippen molar-refractivity contribution in [1.82, 2.24) is 0 Å². The molecule has 436 valence electrons. The van der Waals surface area contributed by atoms with E-state index in [-0.39, 0.29) is 21.7 Å². The van der Waals surface area contributed by atoms with Crippen molar-refractivity contribution in [2.75, 3.05) is 9.80 Å². The second-order valence-corrected chi connectivity index (χ2v) is 29.3.